The number of thioether (sulfide) groups is 1. The number of fused-ring (bicyclic) bond motifs is 3. The smallest absolute Gasteiger partial charge is 0.169 e. The van der Waals surface area contributed by atoms with E-state index in [2.05, 4.69) is 53.1 Å². The Hall–Kier alpha value is -1.74. The standard InChI is InChI=1S/C17H16N2S/c1-2-5-13(6-3-1)11-14-7-8-16-15(12-14)18-17-19(16)9-4-10-20-17/h1-3,5-8,12H,4,9-11H2. The Labute approximate surface area is 122 Å². The number of nitrogens with zero attached hydrogens (tertiary/aromatic N) is 2. The molecule has 0 N–H and O–H groups in total. The molecule has 3 aromatic rings. The van der Waals surface area contributed by atoms with E-state index < -0.39 is 0 Å². The number of imidazole rings is 1. The van der Waals surface area contributed by atoms with Crippen molar-refractivity contribution in [2.75, 3.05) is 5.75 Å². The molecular weight excluding hydrogens is 264 g/mol. The molecule has 2 heterocycles. The van der Waals surface area contributed by atoms with Gasteiger partial charge in [0.1, 0.15) is 0 Å². The highest BCUT2D eigenvalue weighted by Crippen LogP contribution is 2.29. The quantitative estimate of drug-likeness (QED) is 0.702. The van der Waals surface area contributed by atoms with E-state index in [4.69, 9.17) is 4.98 Å². The van der Waals surface area contributed by atoms with Crippen LogP contribution in [0.4, 0.5) is 0 Å². The molecule has 0 atom stereocenters. The number of aromatic nitrogens is 2. The van der Waals surface area contributed by atoms with Crippen molar-refractivity contribution in [3.05, 3.63) is 59.7 Å². The van der Waals surface area contributed by atoms with E-state index in [1.807, 2.05) is 11.8 Å². The van der Waals surface area contributed by atoms with Gasteiger partial charge >= 0.3 is 0 Å². The third kappa shape index (κ3) is 2.12. The fourth-order valence-electron chi connectivity index (χ4n) is 2.81. The molecule has 0 saturated heterocycles. The van der Waals surface area contributed by atoms with Crippen LogP contribution in [0, 0.1) is 0 Å². The first-order chi connectivity index (χ1) is 9.90. The molecule has 100 valence electrons. The van der Waals surface area contributed by atoms with E-state index >= 15 is 0 Å². The second-order valence-electron chi connectivity index (χ2n) is 5.23. The van der Waals surface area contributed by atoms with Gasteiger partial charge < -0.3 is 4.57 Å². The Morgan fingerprint density at radius 1 is 1.05 bits per heavy atom. The van der Waals surface area contributed by atoms with E-state index in [9.17, 15) is 0 Å². The Morgan fingerprint density at radius 2 is 1.95 bits per heavy atom. The summed E-state index contributed by atoms with van der Waals surface area (Å²) >= 11 is 1.88. The van der Waals surface area contributed by atoms with Crippen molar-refractivity contribution in [3.8, 4) is 0 Å². The molecule has 0 bridgehead atoms. The van der Waals surface area contributed by atoms with Crippen molar-refractivity contribution in [1.29, 1.82) is 0 Å². The summed E-state index contributed by atoms with van der Waals surface area (Å²) < 4.78 is 2.36. The summed E-state index contributed by atoms with van der Waals surface area (Å²) in [7, 11) is 0. The summed E-state index contributed by atoms with van der Waals surface area (Å²) in [5.41, 5.74) is 5.11. The van der Waals surface area contributed by atoms with Crippen molar-refractivity contribution >= 4 is 22.8 Å². The van der Waals surface area contributed by atoms with Gasteiger partial charge in [-0.3, -0.25) is 0 Å². The Balaban J connectivity index is 1.72. The van der Waals surface area contributed by atoms with Crippen molar-refractivity contribution < 1.29 is 0 Å². The molecule has 0 aliphatic carbocycles. The van der Waals surface area contributed by atoms with Gasteiger partial charge in [-0.15, -0.1) is 0 Å². The third-order valence-electron chi connectivity index (χ3n) is 3.79. The first kappa shape index (κ1) is 12.0. The van der Waals surface area contributed by atoms with E-state index in [-0.39, 0.29) is 0 Å². The maximum absolute atomic E-state index is 4.78. The number of aryl methyl sites for hydroxylation is 1. The molecular formula is C17H16N2S. The van der Waals surface area contributed by atoms with Gasteiger partial charge in [0.15, 0.2) is 5.16 Å². The SMILES string of the molecule is c1ccc(Cc2ccc3c(c2)nc2n3CCCS2)cc1. The van der Waals surface area contributed by atoms with Crippen LogP contribution in [0.15, 0.2) is 53.7 Å². The summed E-state index contributed by atoms with van der Waals surface area (Å²) in [6, 6.07) is 17.3. The van der Waals surface area contributed by atoms with Gasteiger partial charge in [0.25, 0.3) is 0 Å². The maximum Gasteiger partial charge on any atom is 0.169 e. The summed E-state index contributed by atoms with van der Waals surface area (Å²) in [4.78, 5) is 4.78. The van der Waals surface area contributed by atoms with E-state index in [0.29, 0.717) is 0 Å². The topological polar surface area (TPSA) is 17.8 Å². The van der Waals surface area contributed by atoms with E-state index in [1.54, 1.807) is 0 Å². The van der Waals surface area contributed by atoms with Crippen molar-refractivity contribution in [2.45, 2.75) is 24.5 Å². The molecule has 20 heavy (non-hydrogen) atoms. The molecule has 0 fully saturated rings. The zero-order valence-electron chi connectivity index (χ0n) is 11.2. The number of benzene rings is 2. The van der Waals surface area contributed by atoms with Crippen LogP contribution in [-0.4, -0.2) is 15.3 Å². The van der Waals surface area contributed by atoms with Crippen LogP contribution in [0.5, 0.6) is 0 Å². The molecule has 3 heteroatoms. The molecule has 0 spiro atoms. The molecule has 0 radical (unpaired) electrons. The lowest BCUT2D eigenvalue weighted by molar-refractivity contribution is 0.624. The molecule has 4 rings (SSSR count). The first-order valence-electron chi connectivity index (χ1n) is 7.06. The predicted octanol–water partition coefficient (Wildman–Crippen LogP) is 4.12. The van der Waals surface area contributed by atoms with Crippen LogP contribution >= 0.6 is 11.8 Å². The summed E-state index contributed by atoms with van der Waals surface area (Å²) in [5, 5.41) is 1.18. The zero-order valence-corrected chi connectivity index (χ0v) is 12.1. The van der Waals surface area contributed by atoms with E-state index in [1.165, 1.54) is 34.0 Å². The fourth-order valence-corrected chi connectivity index (χ4v) is 3.77. The number of rotatable bonds is 2. The molecule has 1 aliphatic heterocycles. The third-order valence-corrected chi connectivity index (χ3v) is 4.85. The van der Waals surface area contributed by atoms with Gasteiger partial charge in [0, 0.05) is 12.3 Å². The predicted molar refractivity (Wildman–Crippen MR) is 84.3 cm³/mol. The second kappa shape index (κ2) is 4.98. The lowest BCUT2D eigenvalue weighted by Gasteiger charge is -2.13. The monoisotopic (exact) mass is 280 g/mol. The maximum atomic E-state index is 4.78. The van der Waals surface area contributed by atoms with Crippen LogP contribution < -0.4 is 0 Å². The minimum Gasteiger partial charge on any atom is -0.319 e. The molecule has 2 nitrogen and oxygen atoms in total. The zero-order chi connectivity index (χ0) is 13.4. The molecule has 1 aliphatic rings. The normalized spacial score (nSPS) is 14.4. The van der Waals surface area contributed by atoms with Crippen molar-refractivity contribution in [1.82, 2.24) is 9.55 Å². The lowest BCUT2D eigenvalue weighted by Crippen LogP contribution is -2.06. The Morgan fingerprint density at radius 3 is 2.85 bits per heavy atom. The number of hydrogen-bond acceptors (Lipinski definition) is 2. The summed E-state index contributed by atoms with van der Waals surface area (Å²) in [6.07, 6.45) is 2.22. The Bertz CT molecular complexity index is 746. The van der Waals surface area contributed by atoms with Crippen LogP contribution in [0.25, 0.3) is 11.0 Å². The van der Waals surface area contributed by atoms with Crippen LogP contribution in [0.3, 0.4) is 0 Å². The van der Waals surface area contributed by atoms with Gasteiger partial charge in [0.05, 0.1) is 11.0 Å². The van der Waals surface area contributed by atoms with Crippen LogP contribution in [0.1, 0.15) is 17.5 Å². The molecule has 2 aromatic carbocycles. The van der Waals surface area contributed by atoms with Gasteiger partial charge in [-0.1, -0.05) is 48.2 Å². The van der Waals surface area contributed by atoms with Crippen LogP contribution in [-0.2, 0) is 13.0 Å². The van der Waals surface area contributed by atoms with E-state index in [0.717, 1.165) is 18.5 Å². The Kier molecular flexibility index (Phi) is 3.00. The minimum absolute atomic E-state index is 0.978. The summed E-state index contributed by atoms with van der Waals surface area (Å²) in [5.74, 6) is 1.19. The van der Waals surface area contributed by atoms with Crippen molar-refractivity contribution in [3.63, 3.8) is 0 Å². The average Bonchev–Trinajstić information content (AvgIpc) is 2.86. The largest absolute Gasteiger partial charge is 0.319 e. The molecule has 0 unspecified atom stereocenters. The average molecular weight is 280 g/mol. The highest BCUT2D eigenvalue weighted by atomic mass is 32.2. The fraction of sp³-hybridized carbons (Fsp3) is 0.235. The van der Waals surface area contributed by atoms with Crippen molar-refractivity contribution in [2.24, 2.45) is 0 Å². The first-order valence-corrected chi connectivity index (χ1v) is 8.04. The molecule has 0 saturated carbocycles. The van der Waals surface area contributed by atoms with Gasteiger partial charge in [-0.2, -0.15) is 0 Å². The highest BCUT2D eigenvalue weighted by Gasteiger charge is 2.15. The number of hydrogen-bond donors (Lipinski definition) is 0. The lowest BCUT2D eigenvalue weighted by atomic mass is 10.0. The molecule has 1 aromatic heterocycles. The minimum atomic E-state index is 0.978. The van der Waals surface area contributed by atoms with Gasteiger partial charge in [0.2, 0.25) is 0 Å². The highest BCUT2D eigenvalue weighted by molar-refractivity contribution is 7.99. The second-order valence-corrected chi connectivity index (χ2v) is 6.30. The van der Waals surface area contributed by atoms with Gasteiger partial charge in [-0.25, -0.2) is 4.98 Å². The molecule has 0 amide bonds. The summed E-state index contributed by atoms with van der Waals surface area (Å²) in [6.45, 7) is 1.11. The van der Waals surface area contributed by atoms with Crippen LogP contribution in [0.2, 0.25) is 0 Å². The van der Waals surface area contributed by atoms with Gasteiger partial charge in [-0.05, 0) is 36.1 Å².